The maximum Gasteiger partial charge on any atom is 0.0888 e. The van der Waals surface area contributed by atoms with Crippen molar-refractivity contribution in [1.29, 1.82) is 0 Å². The van der Waals surface area contributed by atoms with Crippen molar-refractivity contribution in [2.24, 2.45) is 5.92 Å². The number of hydrogen-bond acceptors (Lipinski definition) is 2. The number of aliphatic hydroxyl groups is 1. The highest BCUT2D eigenvalue weighted by Crippen LogP contribution is 2.39. The molecule has 2 nitrogen and oxygen atoms in total. The minimum atomic E-state index is -0.321. The zero-order chi connectivity index (χ0) is 9.47. The molecule has 13 heavy (non-hydrogen) atoms. The predicted octanol–water partition coefficient (Wildman–Crippen LogP) is 2.11. The fraction of sp³-hybridized carbons (Fsp3) is 1.00. The van der Waals surface area contributed by atoms with Crippen LogP contribution in [0.5, 0.6) is 0 Å². The van der Waals surface area contributed by atoms with Crippen molar-refractivity contribution >= 4 is 0 Å². The van der Waals surface area contributed by atoms with Crippen molar-refractivity contribution in [1.82, 2.24) is 0 Å². The molecule has 2 fully saturated rings. The normalized spacial score (nSPS) is 44.1. The highest BCUT2D eigenvalue weighted by Gasteiger charge is 2.42. The molecule has 0 unspecified atom stereocenters. The summed E-state index contributed by atoms with van der Waals surface area (Å²) in [4.78, 5) is 0. The molecular formula is C11H20O2. The van der Waals surface area contributed by atoms with Crippen LogP contribution in [0.2, 0.25) is 0 Å². The summed E-state index contributed by atoms with van der Waals surface area (Å²) in [6, 6.07) is 0. The molecular weight excluding hydrogens is 164 g/mol. The van der Waals surface area contributed by atoms with Gasteiger partial charge in [-0.2, -0.15) is 0 Å². The zero-order valence-electron chi connectivity index (χ0n) is 8.62. The van der Waals surface area contributed by atoms with Crippen molar-refractivity contribution in [2.45, 2.75) is 63.8 Å². The molecule has 1 saturated carbocycles. The zero-order valence-corrected chi connectivity index (χ0v) is 8.62. The SMILES string of the molecule is CC1(C)O[C@@H]2CCCC[C@@H]2C[C@@H]1O. The molecule has 2 rings (SSSR count). The van der Waals surface area contributed by atoms with Crippen LogP contribution in [-0.4, -0.2) is 22.9 Å². The fourth-order valence-electron chi connectivity index (χ4n) is 2.64. The molecule has 0 radical (unpaired) electrons. The summed E-state index contributed by atoms with van der Waals surface area (Å²) in [6.07, 6.45) is 6.15. The van der Waals surface area contributed by atoms with Gasteiger partial charge in [-0.3, -0.25) is 0 Å². The maximum absolute atomic E-state index is 9.85. The van der Waals surface area contributed by atoms with Gasteiger partial charge in [0.1, 0.15) is 0 Å². The van der Waals surface area contributed by atoms with Gasteiger partial charge in [0.05, 0.1) is 17.8 Å². The van der Waals surface area contributed by atoms with Crippen LogP contribution in [0, 0.1) is 5.92 Å². The Kier molecular flexibility index (Phi) is 2.37. The van der Waals surface area contributed by atoms with E-state index in [1.54, 1.807) is 0 Å². The molecule has 0 aromatic carbocycles. The van der Waals surface area contributed by atoms with Gasteiger partial charge in [0.15, 0.2) is 0 Å². The van der Waals surface area contributed by atoms with Gasteiger partial charge in [-0.1, -0.05) is 12.8 Å². The average Bonchev–Trinajstić information content (AvgIpc) is 2.06. The van der Waals surface area contributed by atoms with Gasteiger partial charge in [-0.05, 0) is 39.0 Å². The Morgan fingerprint density at radius 3 is 2.69 bits per heavy atom. The topological polar surface area (TPSA) is 29.5 Å². The standard InChI is InChI=1S/C11H20O2/c1-11(2)10(12)7-8-5-3-4-6-9(8)13-11/h8-10,12H,3-7H2,1-2H3/t8-,9-,10+/m1/s1. The van der Waals surface area contributed by atoms with Crippen LogP contribution in [0.1, 0.15) is 46.0 Å². The molecule has 1 aliphatic carbocycles. The number of rotatable bonds is 0. The molecule has 2 aliphatic rings. The van der Waals surface area contributed by atoms with Gasteiger partial charge in [0.25, 0.3) is 0 Å². The summed E-state index contributed by atoms with van der Waals surface area (Å²) >= 11 is 0. The van der Waals surface area contributed by atoms with E-state index in [1.165, 1.54) is 25.7 Å². The number of hydrogen-bond donors (Lipinski definition) is 1. The lowest BCUT2D eigenvalue weighted by Gasteiger charge is -2.46. The number of aliphatic hydroxyl groups excluding tert-OH is 1. The van der Waals surface area contributed by atoms with Gasteiger partial charge >= 0.3 is 0 Å². The molecule has 76 valence electrons. The van der Waals surface area contributed by atoms with Crippen molar-refractivity contribution in [3.05, 3.63) is 0 Å². The summed E-state index contributed by atoms with van der Waals surface area (Å²) < 4.78 is 5.94. The summed E-state index contributed by atoms with van der Waals surface area (Å²) in [6.45, 7) is 4.00. The summed E-state index contributed by atoms with van der Waals surface area (Å²) in [5.74, 6) is 0.622. The first-order valence-electron chi connectivity index (χ1n) is 5.45. The molecule has 0 aromatic rings. The van der Waals surface area contributed by atoms with Crippen LogP contribution in [0.25, 0.3) is 0 Å². The van der Waals surface area contributed by atoms with E-state index in [4.69, 9.17) is 4.74 Å². The molecule has 0 spiro atoms. The second-order valence-corrected chi connectivity index (χ2v) is 5.06. The first-order chi connectivity index (χ1) is 6.09. The minimum absolute atomic E-state index is 0.271. The van der Waals surface area contributed by atoms with Gasteiger partial charge in [0.2, 0.25) is 0 Å². The lowest BCUT2D eigenvalue weighted by Crippen LogP contribution is -2.51. The van der Waals surface area contributed by atoms with Gasteiger partial charge in [-0.25, -0.2) is 0 Å². The van der Waals surface area contributed by atoms with Crippen LogP contribution in [0.4, 0.5) is 0 Å². The van der Waals surface area contributed by atoms with E-state index in [-0.39, 0.29) is 11.7 Å². The molecule has 3 atom stereocenters. The summed E-state index contributed by atoms with van der Waals surface area (Å²) in [7, 11) is 0. The van der Waals surface area contributed by atoms with Crippen molar-refractivity contribution in [3.63, 3.8) is 0 Å². The minimum Gasteiger partial charge on any atom is -0.390 e. The van der Waals surface area contributed by atoms with E-state index in [0.29, 0.717) is 12.0 Å². The molecule has 1 saturated heterocycles. The second kappa shape index (κ2) is 3.25. The average molecular weight is 184 g/mol. The Bertz CT molecular complexity index is 189. The molecule has 1 heterocycles. The van der Waals surface area contributed by atoms with Crippen molar-refractivity contribution < 1.29 is 9.84 Å². The van der Waals surface area contributed by atoms with E-state index in [2.05, 4.69) is 0 Å². The van der Waals surface area contributed by atoms with E-state index < -0.39 is 0 Å². The van der Waals surface area contributed by atoms with Crippen LogP contribution in [-0.2, 0) is 4.74 Å². The van der Waals surface area contributed by atoms with E-state index >= 15 is 0 Å². The van der Waals surface area contributed by atoms with Crippen molar-refractivity contribution in [3.8, 4) is 0 Å². The van der Waals surface area contributed by atoms with Crippen LogP contribution >= 0.6 is 0 Å². The highest BCUT2D eigenvalue weighted by molar-refractivity contribution is 4.92. The first-order valence-corrected chi connectivity index (χ1v) is 5.45. The Labute approximate surface area is 80.3 Å². The Balaban J connectivity index is 2.05. The molecule has 2 heteroatoms. The van der Waals surface area contributed by atoms with Crippen LogP contribution < -0.4 is 0 Å². The highest BCUT2D eigenvalue weighted by atomic mass is 16.5. The lowest BCUT2D eigenvalue weighted by atomic mass is 9.77. The largest absolute Gasteiger partial charge is 0.390 e. The Hall–Kier alpha value is -0.0800. The first kappa shape index (κ1) is 9.47. The number of fused-ring (bicyclic) bond motifs is 1. The van der Waals surface area contributed by atoms with Gasteiger partial charge < -0.3 is 9.84 Å². The Morgan fingerprint density at radius 2 is 1.92 bits per heavy atom. The molecule has 1 aliphatic heterocycles. The van der Waals surface area contributed by atoms with E-state index in [1.807, 2.05) is 13.8 Å². The lowest BCUT2D eigenvalue weighted by molar-refractivity contribution is -0.201. The molecule has 1 N–H and O–H groups in total. The smallest absolute Gasteiger partial charge is 0.0888 e. The third kappa shape index (κ3) is 1.75. The van der Waals surface area contributed by atoms with Crippen LogP contribution in [0.15, 0.2) is 0 Å². The second-order valence-electron chi connectivity index (χ2n) is 5.06. The number of ether oxygens (including phenoxy) is 1. The third-order valence-electron chi connectivity index (χ3n) is 3.62. The third-order valence-corrected chi connectivity index (χ3v) is 3.62. The monoisotopic (exact) mass is 184 g/mol. The quantitative estimate of drug-likeness (QED) is 0.624. The fourth-order valence-corrected chi connectivity index (χ4v) is 2.64. The summed E-state index contributed by atoms with van der Waals surface area (Å²) in [5.41, 5.74) is -0.321. The van der Waals surface area contributed by atoms with E-state index in [0.717, 1.165) is 6.42 Å². The van der Waals surface area contributed by atoms with Crippen LogP contribution in [0.3, 0.4) is 0 Å². The van der Waals surface area contributed by atoms with Gasteiger partial charge in [0, 0.05) is 0 Å². The van der Waals surface area contributed by atoms with E-state index in [9.17, 15) is 5.11 Å². The van der Waals surface area contributed by atoms with Crippen molar-refractivity contribution in [2.75, 3.05) is 0 Å². The maximum atomic E-state index is 9.85. The predicted molar refractivity (Wildman–Crippen MR) is 51.5 cm³/mol. The Morgan fingerprint density at radius 1 is 1.23 bits per heavy atom. The summed E-state index contributed by atoms with van der Waals surface area (Å²) in [5, 5.41) is 9.85. The molecule has 0 amide bonds. The molecule has 0 bridgehead atoms. The molecule has 0 aromatic heterocycles. The van der Waals surface area contributed by atoms with Gasteiger partial charge in [-0.15, -0.1) is 0 Å².